The van der Waals surface area contributed by atoms with Gasteiger partial charge in [-0.1, -0.05) is 37.0 Å². The van der Waals surface area contributed by atoms with Crippen LogP contribution in [0.3, 0.4) is 0 Å². The Morgan fingerprint density at radius 1 is 1.03 bits per heavy atom. The predicted molar refractivity (Wildman–Crippen MR) is 120 cm³/mol. The van der Waals surface area contributed by atoms with Crippen LogP contribution in [0.25, 0.3) is 0 Å². The van der Waals surface area contributed by atoms with Crippen LogP contribution in [-0.2, 0) is 19.0 Å². The summed E-state index contributed by atoms with van der Waals surface area (Å²) in [5.74, 6) is 0.536. The van der Waals surface area contributed by atoms with Gasteiger partial charge in [0.25, 0.3) is 0 Å². The minimum atomic E-state index is -4.57. The number of alkyl halides is 3. The van der Waals surface area contributed by atoms with Gasteiger partial charge in [0.05, 0.1) is 17.9 Å². The third-order valence-electron chi connectivity index (χ3n) is 4.65. The standard InChI is InChI=1S/C23H25Cl2F4NO2/c1-3-15-12-18(31-11-8-21(24)25)13-16(4-2)22(15)32-10-5-9-30-20-7-6-17(14-19(20)26)23(27,28)29/h6-8,12-14,30H,3-5,9-11H2,1-2H3. The second-order valence-corrected chi connectivity index (χ2v) is 7.91. The summed E-state index contributed by atoms with van der Waals surface area (Å²) in [6.07, 6.45) is -1.02. The van der Waals surface area contributed by atoms with E-state index in [0.717, 1.165) is 41.9 Å². The Labute approximate surface area is 195 Å². The fourth-order valence-corrected chi connectivity index (χ4v) is 3.15. The fraction of sp³-hybridized carbons (Fsp3) is 0.391. The van der Waals surface area contributed by atoms with E-state index in [1.54, 1.807) is 6.08 Å². The summed E-state index contributed by atoms with van der Waals surface area (Å²) >= 11 is 11.2. The van der Waals surface area contributed by atoms with Crippen molar-refractivity contribution >= 4 is 28.9 Å². The van der Waals surface area contributed by atoms with Crippen molar-refractivity contribution in [2.75, 3.05) is 25.1 Å². The molecular formula is C23H25Cl2F4NO2. The first kappa shape index (κ1) is 26.1. The number of aryl methyl sites for hydroxylation is 2. The first-order chi connectivity index (χ1) is 15.2. The smallest absolute Gasteiger partial charge is 0.416 e. The van der Waals surface area contributed by atoms with Gasteiger partial charge in [0.2, 0.25) is 0 Å². The average molecular weight is 494 g/mol. The van der Waals surface area contributed by atoms with Crippen LogP contribution in [-0.4, -0.2) is 19.8 Å². The highest BCUT2D eigenvalue weighted by molar-refractivity contribution is 6.55. The van der Waals surface area contributed by atoms with Crippen molar-refractivity contribution < 1.29 is 27.0 Å². The van der Waals surface area contributed by atoms with Gasteiger partial charge >= 0.3 is 6.18 Å². The maximum Gasteiger partial charge on any atom is 0.416 e. The molecule has 0 heterocycles. The SMILES string of the molecule is CCc1cc(OCC=C(Cl)Cl)cc(CC)c1OCCCNc1ccc(C(F)(F)F)cc1F. The molecule has 0 bridgehead atoms. The molecule has 0 aromatic heterocycles. The van der Waals surface area contributed by atoms with Gasteiger partial charge < -0.3 is 14.8 Å². The van der Waals surface area contributed by atoms with Crippen LogP contribution in [0.4, 0.5) is 23.2 Å². The molecule has 3 nitrogen and oxygen atoms in total. The van der Waals surface area contributed by atoms with Gasteiger partial charge in [0, 0.05) is 6.54 Å². The van der Waals surface area contributed by atoms with Crippen LogP contribution >= 0.6 is 23.2 Å². The normalized spacial score (nSPS) is 11.2. The van der Waals surface area contributed by atoms with Crippen molar-refractivity contribution in [1.82, 2.24) is 0 Å². The molecule has 0 amide bonds. The van der Waals surface area contributed by atoms with Crippen LogP contribution in [0.2, 0.25) is 0 Å². The molecule has 2 aromatic carbocycles. The lowest BCUT2D eigenvalue weighted by molar-refractivity contribution is -0.137. The van der Waals surface area contributed by atoms with Crippen molar-refractivity contribution in [2.24, 2.45) is 0 Å². The van der Waals surface area contributed by atoms with E-state index < -0.39 is 17.6 Å². The van der Waals surface area contributed by atoms with Gasteiger partial charge in [0.1, 0.15) is 28.4 Å². The molecule has 0 aliphatic rings. The van der Waals surface area contributed by atoms with Crippen molar-refractivity contribution in [2.45, 2.75) is 39.3 Å². The number of hydrogen-bond acceptors (Lipinski definition) is 3. The highest BCUT2D eigenvalue weighted by Crippen LogP contribution is 2.32. The zero-order valence-electron chi connectivity index (χ0n) is 17.8. The molecule has 0 saturated heterocycles. The average Bonchev–Trinajstić information content (AvgIpc) is 2.73. The first-order valence-electron chi connectivity index (χ1n) is 10.2. The topological polar surface area (TPSA) is 30.5 Å². The van der Waals surface area contributed by atoms with E-state index in [1.807, 2.05) is 26.0 Å². The molecule has 9 heteroatoms. The van der Waals surface area contributed by atoms with Crippen molar-refractivity contribution in [3.63, 3.8) is 0 Å². The lowest BCUT2D eigenvalue weighted by atomic mass is 10.0. The number of halogens is 6. The highest BCUT2D eigenvalue weighted by atomic mass is 35.5. The summed E-state index contributed by atoms with van der Waals surface area (Å²) in [4.78, 5) is 0. The van der Waals surface area contributed by atoms with Gasteiger partial charge in [-0.05, 0) is 66.8 Å². The molecule has 0 atom stereocenters. The summed E-state index contributed by atoms with van der Waals surface area (Å²) in [6, 6.07) is 6.24. The van der Waals surface area contributed by atoms with E-state index in [9.17, 15) is 17.6 Å². The van der Waals surface area contributed by atoms with Gasteiger partial charge in [-0.2, -0.15) is 13.2 Å². The minimum Gasteiger partial charge on any atom is -0.493 e. The Balaban J connectivity index is 1.94. The zero-order chi connectivity index (χ0) is 23.7. The summed E-state index contributed by atoms with van der Waals surface area (Å²) in [5, 5.41) is 2.81. The quantitative estimate of drug-likeness (QED) is 0.259. The van der Waals surface area contributed by atoms with Crippen molar-refractivity contribution in [1.29, 1.82) is 0 Å². The zero-order valence-corrected chi connectivity index (χ0v) is 19.3. The third kappa shape index (κ3) is 7.78. The Bertz CT molecular complexity index is 904. The van der Waals surface area contributed by atoms with E-state index >= 15 is 0 Å². The lowest BCUT2D eigenvalue weighted by Crippen LogP contribution is -2.11. The second kappa shape index (κ2) is 12.2. The fourth-order valence-electron chi connectivity index (χ4n) is 3.02. The maximum absolute atomic E-state index is 13.9. The van der Waals surface area contributed by atoms with Gasteiger partial charge in [-0.15, -0.1) is 0 Å². The first-order valence-corrected chi connectivity index (χ1v) is 10.9. The molecule has 176 valence electrons. The number of nitrogens with one attached hydrogen (secondary N) is 1. The molecular weight excluding hydrogens is 469 g/mol. The Kier molecular flexibility index (Phi) is 9.97. The van der Waals surface area contributed by atoms with E-state index in [-0.39, 0.29) is 16.8 Å². The highest BCUT2D eigenvalue weighted by Gasteiger charge is 2.31. The summed E-state index contributed by atoms with van der Waals surface area (Å²) in [7, 11) is 0. The number of benzene rings is 2. The summed E-state index contributed by atoms with van der Waals surface area (Å²) in [5.41, 5.74) is 0.982. The lowest BCUT2D eigenvalue weighted by Gasteiger charge is -2.17. The van der Waals surface area contributed by atoms with Crippen LogP contribution in [0, 0.1) is 5.82 Å². The van der Waals surface area contributed by atoms with Crippen LogP contribution in [0.5, 0.6) is 11.5 Å². The van der Waals surface area contributed by atoms with E-state index in [4.69, 9.17) is 32.7 Å². The maximum atomic E-state index is 13.9. The van der Waals surface area contributed by atoms with E-state index in [1.165, 1.54) is 0 Å². The molecule has 1 N–H and O–H groups in total. The molecule has 32 heavy (non-hydrogen) atoms. The van der Waals surface area contributed by atoms with E-state index in [0.29, 0.717) is 31.4 Å². The molecule has 0 aliphatic carbocycles. The number of rotatable bonds is 11. The Morgan fingerprint density at radius 2 is 1.69 bits per heavy atom. The van der Waals surface area contributed by atoms with Crippen molar-refractivity contribution in [3.05, 3.63) is 63.4 Å². The van der Waals surface area contributed by atoms with Crippen molar-refractivity contribution in [3.8, 4) is 11.5 Å². The van der Waals surface area contributed by atoms with Gasteiger partial charge in [-0.25, -0.2) is 4.39 Å². The van der Waals surface area contributed by atoms with Crippen LogP contribution in [0.15, 0.2) is 40.9 Å². The van der Waals surface area contributed by atoms with Gasteiger partial charge in [0.15, 0.2) is 0 Å². The summed E-state index contributed by atoms with van der Waals surface area (Å²) in [6.45, 7) is 4.98. The molecule has 0 fully saturated rings. The molecule has 0 saturated carbocycles. The van der Waals surface area contributed by atoms with Gasteiger partial charge in [-0.3, -0.25) is 0 Å². The third-order valence-corrected chi connectivity index (χ3v) is 4.95. The van der Waals surface area contributed by atoms with Crippen LogP contribution < -0.4 is 14.8 Å². The largest absolute Gasteiger partial charge is 0.493 e. The minimum absolute atomic E-state index is 0.0223. The second-order valence-electron chi connectivity index (χ2n) is 6.90. The monoisotopic (exact) mass is 493 g/mol. The Morgan fingerprint density at radius 3 is 2.22 bits per heavy atom. The van der Waals surface area contributed by atoms with E-state index in [2.05, 4.69) is 5.32 Å². The number of hydrogen-bond donors (Lipinski definition) is 1. The molecule has 0 radical (unpaired) electrons. The molecule has 2 rings (SSSR count). The number of anilines is 1. The molecule has 0 spiro atoms. The van der Waals surface area contributed by atoms with Crippen LogP contribution in [0.1, 0.15) is 37.0 Å². The summed E-state index contributed by atoms with van der Waals surface area (Å²) < 4.78 is 63.6. The molecule has 0 unspecified atom stereocenters. The molecule has 0 aliphatic heterocycles. The number of ether oxygens (including phenoxy) is 2. The predicted octanol–water partition coefficient (Wildman–Crippen LogP) is 7.55. The molecule has 2 aromatic rings. The Hall–Kier alpha value is -2.12.